The summed E-state index contributed by atoms with van der Waals surface area (Å²) in [6.07, 6.45) is 7.85. The summed E-state index contributed by atoms with van der Waals surface area (Å²) in [6, 6.07) is 0. The molecule has 0 bridgehead atoms. The zero-order valence-electron chi connectivity index (χ0n) is 16.9. The van der Waals surface area contributed by atoms with Gasteiger partial charge in [-0.3, -0.25) is 0 Å². The molecule has 1 saturated carbocycles. The van der Waals surface area contributed by atoms with Crippen LogP contribution in [0.3, 0.4) is 0 Å². The summed E-state index contributed by atoms with van der Waals surface area (Å²) >= 11 is 0. The van der Waals surface area contributed by atoms with Gasteiger partial charge in [0.15, 0.2) is 6.29 Å². The zero-order valence-corrected chi connectivity index (χ0v) is 16.9. The second kappa shape index (κ2) is 8.51. The van der Waals surface area contributed by atoms with E-state index in [1.165, 1.54) is 38.5 Å². The molecule has 3 unspecified atom stereocenters. The number of ether oxygens (including phenoxy) is 3. The Hall–Kier alpha value is -0.120. The Labute approximate surface area is 149 Å². The van der Waals surface area contributed by atoms with Crippen molar-refractivity contribution in [1.29, 1.82) is 0 Å². The van der Waals surface area contributed by atoms with E-state index < -0.39 is 0 Å². The molecule has 3 heteroatoms. The highest BCUT2D eigenvalue weighted by Crippen LogP contribution is 2.39. The average Bonchev–Trinajstić information content (AvgIpc) is 2.95. The minimum Gasteiger partial charge on any atom is -0.378 e. The SMILES string of the molecule is CC(C)C(C)(COCC1COC(C2CCCCC2)O1)CC(C)(C)C. The first-order valence-electron chi connectivity index (χ1n) is 10.0. The van der Waals surface area contributed by atoms with E-state index >= 15 is 0 Å². The molecule has 1 aliphatic heterocycles. The third kappa shape index (κ3) is 6.00. The highest BCUT2D eigenvalue weighted by atomic mass is 16.7. The Morgan fingerprint density at radius 1 is 1.04 bits per heavy atom. The summed E-state index contributed by atoms with van der Waals surface area (Å²) in [5.41, 5.74) is 0.530. The maximum absolute atomic E-state index is 6.13. The van der Waals surface area contributed by atoms with Crippen LogP contribution in [0.25, 0.3) is 0 Å². The van der Waals surface area contributed by atoms with E-state index in [1.807, 2.05) is 0 Å². The lowest BCUT2D eigenvalue weighted by Crippen LogP contribution is -2.35. The molecule has 0 amide bonds. The highest BCUT2D eigenvalue weighted by molar-refractivity contribution is 4.83. The van der Waals surface area contributed by atoms with Crippen molar-refractivity contribution >= 4 is 0 Å². The first kappa shape index (κ1) is 20.2. The molecule has 0 radical (unpaired) electrons. The maximum Gasteiger partial charge on any atom is 0.161 e. The Morgan fingerprint density at radius 2 is 1.71 bits per heavy atom. The van der Waals surface area contributed by atoms with E-state index in [0.29, 0.717) is 30.5 Å². The van der Waals surface area contributed by atoms with Crippen LogP contribution in [-0.2, 0) is 14.2 Å². The summed E-state index contributed by atoms with van der Waals surface area (Å²) in [5, 5.41) is 0. The molecule has 3 atom stereocenters. The molecule has 3 nitrogen and oxygen atoms in total. The van der Waals surface area contributed by atoms with Gasteiger partial charge in [-0.2, -0.15) is 0 Å². The van der Waals surface area contributed by atoms with Crippen molar-refractivity contribution in [2.75, 3.05) is 19.8 Å². The van der Waals surface area contributed by atoms with Gasteiger partial charge in [-0.25, -0.2) is 0 Å². The van der Waals surface area contributed by atoms with Crippen LogP contribution in [0.5, 0.6) is 0 Å². The molecule has 2 rings (SSSR count). The van der Waals surface area contributed by atoms with Crippen molar-refractivity contribution in [1.82, 2.24) is 0 Å². The van der Waals surface area contributed by atoms with Crippen molar-refractivity contribution in [2.45, 2.75) is 92.5 Å². The summed E-state index contributed by atoms with van der Waals surface area (Å²) in [7, 11) is 0. The van der Waals surface area contributed by atoms with Crippen LogP contribution in [0.1, 0.15) is 80.1 Å². The first-order valence-corrected chi connectivity index (χ1v) is 10.0. The summed E-state index contributed by atoms with van der Waals surface area (Å²) in [4.78, 5) is 0. The van der Waals surface area contributed by atoms with Crippen LogP contribution in [0, 0.1) is 22.7 Å². The van der Waals surface area contributed by atoms with Gasteiger partial charge in [0.25, 0.3) is 0 Å². The number of hydrogen-bond acceptors (Lipinski definition) is 3. The van der Waals surface area contributed by atoms with Crippen LogP contribution in [0.4, 0.5) is 0 Å². The van der Waals surface area contributed by atoms with Gasteiger partial charge < -0.3 is 14.2 Å². The monoisotopic (exact) mass is 340 g/mol. The fraction of sp³-hybridized carbons (Fsp3) is 1.00. The molecule has 0 aromatic heterocycles. The van der Waals surface area contributed by atoms with Crippen molar-refractivity contribution in [3.8, 4) is 0 Å². The smallest absolute Gasteiger partial charge is 0.161 e. The first-order chi connectivity index (χ1) is 11.2. The molecular weight excluding hydrogens is 300 g/mol. The van der Waals surface area contributed by atoms with E-state index in [-0.39, 0.29) is 17.8 Å². The van der Waals surface area contributed by atoms with Crippen molar-refractivity contribution in [3.63, 3.8) is 0 Å². The van der Waals surface area contributed by atoms with Crippen LogP contribution in [0.15, 0.2) is 0 Å². The highest BCUT2D eigenvalue weighted by Gasteiger charge is 2.36. The lowest BCUT2D eigenvalue weighted by molar-refractivity contribution is -0.117. The summed E-state index contributed by atoms with van der Waals surface area (Å²) < 4.78 is 18.2. The van der Waals surface area contributed by atoms with Gasteiger partial charge in [0, 0.05) is 5.92 Å². The fourth-order valence-corrected chi connectivity index (χ4v) is 4.27. The average molecular weight is 341 g/mol. The van der Waals surface area contributed by atoms with E-state index in [2.05, 4.69) is 41.5 Å². The maximum atomic E-state index is 6.13. The van der Waals surface area contributed by atoms with Gasteiger partial charge in [0.05, 0.1) is 19.8 Å². The number of hydrogen-bond donors (Lipinski definition) is 0. The quantitative estimate of drug-likeness (QED) is 0.619. The normalized spacial score (nSPS) is 29.1. The standard InChI is InChI=1S/C21H40O3/c1-16(2)21(6,14-20(3,4)5)15-22-12-18-13-23-19(24-18)17-10-8-7-9-11-17/h16-19H,7-15H2,1-6H3. The molecule has 1 heterocycles. The van der Waals surface area contributed by atoms with E-state index in [0.717, 1.165) is 6.61 Å². The summed E-state index contributed by atoms with van der Waals surface area (Å²) in [5.74, 6) is 1.21. The largest absolute Gasteiger partial charge is 0.378 e. The molecular formula is C21H40O3. The van der Waals surface area contributed by atoms with Crippen molar-refractivity contribution in [3.05, 3.63) is 0 Å². The number of rotatable bonds is 7. The van der Waals surface area contributed by atoms with Gasteiger partial charge in [0.2, 0.25) is 0 Å². The van der Waals surface area contributed by atoms with Gasteiger partial charge in [-0.15, -0.1) is 0 Å². The van der Waals surface area contributed by atoms with Gasteiger partial charge in [-0.1, -0.05) is 60.8 Å². The predicted octanol–water partition coefficient (Wildman–Crippen LogP) is 5.42. The van der Waals surface area contributed by atoms with Crippen LogP contribution in [0.2, 0.25) is 0 Å². The second-order valence-electron chi connectivity index (χ2n) is 9.92. The Kier molecular flexibility index (Phi) is 7.16. The Balaban J connectivity index is 1.74. The van der Waals surface area contributed by atoms with Crippen LogP contribution in [-0.4, -0.2) is 32.2 Å². The minimum atomic E-state index is 0.0185. The molecule has 1 saturated heterocycles. The molecule has 1 aliphatic carbocycles. The lowest BCUT2D eigenvalue weighted by atomic mass is 9.69. The Morgan fingerprint density at radius 3 is 2.29 bits per heavy atom. The Bertz CT molecular complexity index is 368. The molecule has 2 aliphatic rings. The van der Waals surface area contributed by atoms with Gasteiger partial charge in [-0.05, 0) is 36.0 Å². The van der Waals surface area contributed by atoms with Crippen molar-refractivity contribution in [2.24, 2.45) is 22.7 Å². The van der Waals surface area contributed by atoms with E-state index in [9.17, 15) is 0 Å². The third-order valence-electron chi connectivity index (χ3n) is 5.87. The third-order valence-corrected chi connectivity index (χ3v) is 5.87. The zero-order chi connectivity index (χ0) is 17.8. The van der Waals surface area contributed by atoms with Crippen LogP contribution >= 0.6 is 0 Å². The van der Waals surface area contributed by atoms with Crippen molar-refractivity contribution < 1.29 is 14.2 Å². The molecule has 0 aromatic rings. The topological polar surface area (TPSA) is 27.7 Å². The minimum absolute atomic E-state index is 0.0185. The second-order valence-corrected chi connectivity index (χ2v) is 9.92. The van der Waals surface area contributed by atoms with Gasteiger partial charge >= 0.3 is 0 Å². The molecule has 0 spiro atoms. The van der Waals surface area contributed by atoms with Crippen LogP contribution < -0.4 is 0 Å². The predicted molar refractivity (Wildman–Crippen MR) is 99.0 cm³/mol. The fourth-order valence-electron chi connectivity index (χ4n) is 4.27. The summed E-state index contributed by atoms with van der Waals surface area (Å²) in [6.45, 7) is 16.1. The molecule has 24 heavy (non-hydrogen) atoms. The van der Waals surface area contributed by atoms with Gasteiger partial charge in [0.1, 0.15) is 6.10 Å². The molecule has 0 aromatic carbocycles. The molecule has 0 N–H and O–H groups in total. The lowest BCUT2D eigenvalue weighted by Gasteiger charge is -2.39. The van der Waals surface area contributed by atoms with E-state index in [4.69, 9.17) is 14.2 Å². The van der Waals surface area contributed by atoms with E-state index in [1.54, 1.807) is 0 Å². The molecule has 142 valence electrons. The molecule has 2 fully saturated rings.